The number of nitrogens with two attached hydrogens (primary N) is 1. The molecule has 30 heavy (non-hydrogen) atoms. The number of nitrogens with one attached hydrogen (secondary N) is 1. The van der Waals surface area contributed by atoms with Gasteiger partial charge in [0.15, 0.2) is 0 Å². The normalized spacial score (nSPS) is 16.0. The lowest BCUT2D eigenvalue weighted by Gasteiger charge is -2.31. The van der Waals surface area contributed by atoms with Gasteiger partial charge in [0.1, 0.15) is 0 Å². The predicted molar refractivity (Wildman–Crippen MR) is 119 cm³/mol. The monoisotopic (exact) mass is 403 g/mol. The van der Waals surface area contributed by atoms with Crippen molar-refractivity contribution in [1.82, 2.24) is 9.88 Å². The first-order chi connectivity index (χ1) is 14.6. The lowest BCUT2D eigenvalue weighted by molar-refractivity contribution is -0.135. The summed E-state index contributed by atoms with van der Waals surface area (Å²) in [5, 5.41) is 1.18. The molecule has 1 aromatic heterocycles. The topological polar surface area (TPSA) is 79.2 Å². The van der Waals surface area contributed by atoms with Crippen LogP contribution in [0.5, 0.6) is 0 Å². The van der Waals surface area contributed by atoms with Crippen LogP contribution in [-0.2, 0) is 16.0 Å². The van der Waals surface area contributed by atoms with Crippen molar-refractivity contribution in [2.75, 3.05) is 13.1 Å². The van der Waals surface area contributed by atoms with Gasteiger partial charge < -0.3 is 15.6 Å². The molecule has 0 radical (unpaired) electrons. The third-order valence-corrected chi connectivity index (χ3v) is 6.42. The number of carbonyl (C=O) groups is 2. The predicted octanol–water partition coefficient (Wildman–Crippen LogP) is 3.98. The van der Waals surface area contributed by atoms with E-state index in [-0.39, 0.29) is 23.7 Å². The molecule has 0 saturated carbocycles. The number of para-hydroxylation sites is 1. The molecule has 1 atom stereocenters. The van der Waals surface area contributed by atoms with Crippen LogP contribution in [0.3, 0.4) is 0 Å². The molecule has 0 bridgehead atoms. The number of primary amides is 1. The van der Waals surface area contributed by atoms with E-state index < -0.39 is 0 Å². The van der Waals surface area contributed by atoms with Crippen LogP contribution in [0.15, 0.2) is 54.7 Å². The van der Waals surface area contributed by atoms with Crippen molar-refractivity contribution in [2.24, 2.45) is 11.7 Å². The first-order valence-electron chi connectivity index (χ1n) is 10.8. The van der Waals surface area contributed by atoms with E-state index in [9.17, 15) is 9.59 Å². The van der Waals surface area contributed by atoms with Crippen molar-refractivity contribution in [3.8, 4) is 0 Å². The highest BCUT2D eigenvalue weighted by molar-refractivity contribution is 5.88. The molecule has 2 amide bonds. The number of benzene rings is 2. The minimum atomic E-state index is -0.255. The molecule has 5 nitrogen and oxygen atoms in total. The average Bonchev–Trinajstić information content (AvgIpc) is 3.22. The first kappa shape index (κ1) is 20.2. The Morgan fingerprint density at radius 1 is 1.10 bits per heavy atom. The zero-order valence-electron chi connectivity index (χ0n) is 17.4. The highest BCUT2D eigenvalue weighted by Gasteiger charge is 2.29. The number of hydrogen-bond donors (Lipinski definition) is 2. The smallest absolute Gasteiger partial charge is 0.223 e. The number of carbonyl (C=O) groups excluding carboxylic acids is 2. The molecule has 156 valence electrons. The van der Waals surface area contributed by atoms with Gasteiger partial charge in [0.25, 0.3) is 0 Å². The minimum Gasteiger partial charge on any atom is -0.369 e. The third kappa shape index (κ3) is 3.97. The number of fused-ring (bicyclic) bond motifs is 1. The number of nitrogens with zero attached hydrogens (tertiary/aromatic N) is 1. The standard InChI is InChI=1S/C25H29N3O2/c1-2-17-9-6-10-20-22(16-27-24(17)20)21(18-7-4-3-5-8-18)15-23(29)28-13-11-19(12-14-28)25(26)30/h3-10,16,19,21,27H,2,11-15H2,1H3,(H2,26,30). The largest absolute Gasteiger partial charge is 0.369 e. The second kappa shape index (κ2) is 8.74. The minimum absolute atomic E-state index is 0.0200. The molecule has 2 aromatic carbocycles. The molecule has 1 saturated heterocycles. The molecule has 4 rings (SSSR count). The van der Waals surface area contributed by atoms with Crippen LogP contribution >= 0.6 is 0 Å². The molecule has 5 heteroatoms. The maximum atomic E-state index is 13.2. The summed E-state index contributed by atoms with van der Waals surface area (Å²) in [6.07, 6.45) is 4.75. The average molecular weight is 404 g/mol. The van der Waals surface area contributed by atoms with E-state index in [1.165, 1.54) is 10.9 Å². The molecule has 1 aliphatic heterocycles. The molecular weight excluding hydrogens is 374 g/mol. The Labute approximate surface area is 177 Å². The van der Waals surface area contributed by atoms with Crippen LogP contribution in [0.2, 0.25) is 0 Å². The van der Waals surface area contributed by atoms with Crippen LogP contribution < -0.4 is 5.73 Å². The molecular formula is C25H29N3O2. The van der Waals surface area contributed by atoms with Crippen LogP contribution in [0.1, 0.15) is 48.8 Å². The molecule has 2 heterocycles. The summed E-state index contributed by atoms with van der Waals surface area (Å²) in [6.45, 7) is 3.35. The number of aryl methyl sites for hydroxylation is 1. The van der Waals surface area contributed by atoms with Crippen LogP contribution in [0, 0.1) is 5.92 Å². The summed E-state index contributed by atoms with van der Waals surface area (Å²) in [6, 6.07) is 16.6. The Balaban J connectivity index is 1.62. The van der Waals surface area contributed by atoms with Gasteiger partial charge in [0.2, 0.25) is 11.8 Å². The van der Waals surface area contributed by atoms with E-state index >= 15 is 0 Å². The number of amides is 2. The fraction of sp³-hybridized carbons (Fsp3) is 0.360. The Morgan fingerprint density at radius 3 is 2.50 bits per heavy atom. The number of aromatic amines is 1. The number of aromatic nitrogens is 1. The van der Waals surface area contributed by atoms with Gasteiger partial charge in [-0.05, 0) is 36.0 Å². The van der Waals surface area contributed by atoms with Crippen molar-refractivity contribution in [2.45, 2.75) is 38.5 Å². The van der Waals surface area contributed by atoms with Gasteiger partial charge in [-0.25, -0.2) is 0 Å². The highest BCUT2D eigenvalue weighted by Crippen LogP contribution is 2.35. The van der Waals surface area contributed by atoms with Gasteiger partial charge in [0, 0.05) is 48.4 Å². The van der Waals surface area contributed by atoms with Crippen molar-refractivity contribution in [3.63, 3.8) is 0 Å². The van der Waals surface area contributed by atoms with E-state index in [1.54, 1.807) is 0 Å². The fourth-order valence-corrected chi connectivity index (χ4v) is 4.63. The van der Waals surface area contributed by atoms with Gasteiger partial charge in [-0.3, -0.25) is 9.59 Å². The lowest BCUT2D eigenvalue weighted by atomic mass is 9.87. The highest BCUT2D eigenvalue weighted by atomic mass is 16.2. The van der Waals surface area contributed by atoms with Crippen LogP contribution in [0.25, 0.3) is 10.9 Å². The Morgan fingerprint density at radius 2 is 1.83 bits per heavy atom. The fourth-order valence-electron chi connectivity index (χ4n) is 4.63. The first-order valence-corrected chi connectivity index (χ1v) is 10.8. The molecule has 1 unspecified atom stereocenters. The summed E-state index contributed by atoms with van der Waals surface area (Å²) in [5.74, 6) is -0.254. The van der Waals surface area contributed by atoms with Crippen molar-refractivity contribution in [3.05, 3.63) is 71.4 Å². The van der Waals surface area contributed by atoms with Crippen molar-refractivity contribution in [1.29, 1.82) is 0 Å². The second-order valence-corrected chi connectivity index (χ2v) is 8.16. The van der Waals surface area contributed by atoms with Crippen LogP contribution in [-0.4, -0.2) is 34.8 Å². The number of piperidine rings is 1. The molecule has 1 aliphatic rings. The zero-order valence-corrected chi connectivity index (χ0v) is 17.4. The maximum Gasteiger partial charge on any atom is 0.223 e. The van der Waals surface area contributed by atoms with Gasteiger partial charge in [0.05, 0.1) is 0 Å². The zero-order chi connectivity index (χ0) is 21.1. The van der Waals surface area contributed by atoms with Gasteiger partial charge in [-0.1, -0.05) is 55.5 Å². The van der Waals surface area contributed by atoms with E-state index in [0.29, 0.717) is 32.4 Å². The second-order valence-electron chi connectivity index (χ2n) is 8.16. The van der Waals surface area contributed by atoms with Crippen molar-refractivity contribution < 1.29 is 9.59 Å². The Bertz CT molecular complexity index is 1030. The van der Waals surface area contributed by atoms with Crippen LogP contribution in [0.4, 0.5) is 0 Å². The quantitative estimate of drug-likeness (QED) is 0.653. The van der Waals surface area contributed by atoms with E-state index in [4.69, 9.17) is 5.73 Å². The molecule has 0 aliphatic carbocycles. The third-order valence-electron chi connectivity index (χ3n) is 6.42. The van der Waals surface area contributed by atoms with Gasteiger partial charge >= 0.3 is 0 Å². The summed E-state index contributed by atoms with van der Waals surface area (Å²) in [4.78, 5) is 30.0. The number of H-pyrrole nitrogens is 1. The summed E-state index contributed by atoms with van der Waals surface area (Å²) in [7, 11) is 0. The summed E-state index contributed by atoms with van der Waals surface area (Å²) >= 11 is 0. The van der Waals surface area contributed by atoms with Gasteiger partial charge in [-0.2, -0.15) is 0 Å². The Hall–Kier alpha value is -3.08. The van der Waals surface area contributed by atoms with Crippen molar-refractivity contribution >= 4 is 22.7 Å². The Kier molecular flexibility index (Phi) is 5.88. The maximum absolute atomic E-state index is 13.2. The van der Waals surface area contributed by atoms with E-state index in [0.717, 1.165) is 23.1 Å². The summed E-state index contributed by atoms with van der Waals surface area (Å²) in [5.41, 5.74) is 10.2. The molecule has 3 aromatic rings. The molecule has 3 N–H and O–H groups in total. The molecule has 1 fully saturated rings. The van der Waals surface area contributed by atoms with E-state index in [1.807, 2.05) is 23.1 Å². The number of rotatable bonds is 6. The lowest BCUT2D eigenvalue weighted by Crippen LogP contribution is -2.42. The van der Waals surface area contributed by atoms with E-state index in [2.05, 4.69) is 48.4 Å². The SMILES string of the molecule is CCc1cccc2c(C(CC(=O)N3CCC(C(N)=O)CC3)c3ccccc3)c[nH]c12. The van der Waals surface area contributed by atoms with Gasteiger partial charge in [-0.15, -0.1) is 0 Å². The summed E-state index contributed by atoms with van der Waals surface area (Å²) < 4.78 is 0. The number of hydrogen-bond acceptors (Lipinski definition) is 2. The number of likely N-dealkylation sites (tertiary alicyclic amines) is 1. The molecule has 0 spiro atoms.